The van der Waals surface area contributed by atoms with Gasteiger partial charge < -0.3 is 14.2 Å². The molecule has 0 radical (unpaired) electrons. The van der Waals surface area contributed by atoms with Crippen molar-refractivity contribution in [3.63, 3.8) is 0 Å². The predicted molar refractivity (Wildman–Crippen MR) is 79.2 cm³/mol. The molecule has 0 aromatic heterocycles. The van der Waals surface area contributed by atoms with Crippen LogP contribution >= 0.6 is 0 Å². The molecule has 1 aliphatic rings. The molecule has 0 N–H and O–H groups in total. The molecule has 1 heterocycles. The van der Waals surface area contributed by atoms with Crippen molar-refractivity contribution in [3.8, 4) is 5.75 Å². The lowest BCUT2D eigenvalue weighted by molar-refractivity contribution is -0.0734. The maximum Gasteiger partial charge on any atom is 0.119 e. The van der Waals surface area contributed by atoms with Gasteiger partial charge >= 0.3 is 0 Å². The number of morpholine rings is 1. The molecule has 112 valence electrons. The van der Waals surface area contributed by atoms with Crippen LogP contribution in [0.15, 0.2) is 30.3 Å². The molecule has 4 nitrogen and oxygen atoms in total. The maximum atomic E-state index is 5.71. The molecule has 0 spiro atoms. The van der Waals surface area contributed by atoms with Crippen LogP contribution in [-0.4, -0.2) is 56.6 Å². The van der Waals surface area contributed by atoms with Crippen molar-refractivity contribution >= 4 is 0 Å². The second-order valence-corrected chi connectivity index (χ2v) is 5.29. The maximum absolute atomic E-state index is 5.71. The summed E-state index contributed by atoms with van der Waals surface area (Å²) in [6.07, 6.45) is 0.639. The van der Waals surface area contributed by atoms with E-state index in [1.165, 1.54) is 0 Å². The van der Waals surface area contributed by atoms with Crippen molar-refractivity contribution < 1.29 is 14.2 Å². The third kappa shape index (κ3) is 5.49. The Morgan fingerprint density at radius 2 is 1.75 bits per heavy atom. The SMILES string of the molecule is C[C@@H]1CN(CCOCCOc2ccccc2)C[C@H](C)O1. The van der Waals surface area contributed by atoms with E-state index >= 15 is 0 Å². The zero-order valence-electron chi connectivity index (χ0n) is 12.5. The Labute approximate surface area is 121 Å². The van der Waals surface area contributed by atoms with Gasteiger partial charge in [-0.2, -0.15) is 0 Å². The molecule has 0 amide bonds. The molecule has 1 fully saturated rings. The Balaban J connectivity index is 1.51. The van der Waals surface area contributed by atoms with Gasteiger partial charge in [0.25, 0.3) is 0 Å². The topological polar surface area (TPSA) is 30.9 Å². The summed E-state index contributed by atoms with van der Waals surface area (Å²) in [7, 11) is 0. The van der Waals surface area contributed by atoms with Crippen LogP contribution in [0.4, 0.5) is 0 Å². The zero-order valence-corrected chi connectivity index (χ0v) is 12.5. The molecule has 0 unspecified atom stereocenters. The fourth-order valence-corrected chi connectivity index (χ4v) is 2.50. The van der Waals surface area contributed by atoms with Crippen LogP contribution in [0.1, 0.15) is 13.8 Å². The first-order valence-corrected chi connectivity index (χ1v) is 7.37. The highest BCUT2D eigenvalue weighted by atomic mass is 16.5. The summed E-state index contributed by atoms with van der Waals surface area (Å²) in [6, 6.07) is 9.83. The summed E-state index contributed by atoms with van der Waals surface area (Å²) >= 11 is 0. The van der Waals surface area contributed by atoms with E-state index in [0.29, 0.717) is 25.4 Å². The quantitative estimate of drug-likeness (QED) is 0.716. The van der Waals surface area contributed by atoms with Crippen LogP contribution in [0.25, 0.3) is 0 Å². The number of hydrogen-bond acceptors (Lipinski definition) is 4. The second-order valence-electron chi connectivity index (χ2n) is 5.29. The first-order valence-electron chi connectivity index (χ1n) is 7.37. The molecule has 0 saturated carbocycles. The highest BCUT2D eigenvalue weighted by Gasteiger charge is 2.21. The minimum atomic E-state index is 0.320. The van der Waals surface area contributed by atoms with E-state index in [0.717, 1.165) is 32.0 Å². The average molecular weight is 279 g/mol. The monoisotopic (exact) mass is 279 g/mol. The van der Waals surface area contributed by atoms with Crippen LogP contribution in [0.5, 0.6) is 5.75 Å². The summed E-state index contributed by atoms with van der Waals surface area (Å²) in [5.41, 5.74) is 0. The van der Waals surface area contributed by atoms with Crippen LogP contribution in [0.3, 0.4) is 0 Å². The number of ether oxygens (including phenoxy) is 3. The minimum Gasteiger partial charge on any atom is -0.491 e. The van der Waals surface area contributed by atoms with Gasteiger partial charge in [-0.1, -0.05) is 18.2 Å². The Bertz CT molecular complexity index is 361. The van der Waals surface area contributed by atoms with E-state index in [4.69, 9.17) is 14.2 Å². The van der Waals surface area contributed by atoms with Gasteiger partial charge in [0.05, 0.1) is 25.4 Å². The average Bonchev–Trinajstić information content (AvgIpc) is 2.43. The largest absolute Gasteiger partial charge is 0.491 e. The van der Waals surface area contributed by atoms with Gasteiger partial charge in [-0.05, 0) is 26.0 Å². The van der Waals surface area contributed by atoms with Crippen molar-refractivity contribution in [2.24, 2.45) is 0 Å². The van der Waals surface area contributed by atoms with Crippen molar-refractivity contribution in [2.75, 3.05) is 39.5 Å². The van der Waals surface area contributed by atoms with Crippen molar-refractivity contribution in [1.82, 2.24) is 4.90 Å². The molecule has 1 aliphatic heterocycles. The summed E-state index contributed by atoms with van der Waals surface area (Å²) in [6.45, 7) is 9.17. The van der Waals surface area contributed by atoms with Gasteiger partial charge in [0.2, 0.25) is 0 Å². The lowest BCUT2D eigenvalue weighted by Crippen LogP contribution is -2.46. The van der Waals surface area contributed by atoms with Crippen LogP contribution in [-0.2, 0) is 9.47 Å². The predicted octanol–water partition coefficient (Wildman–Crippen LogP) is 2.19. The molecule has 1 saturated heterocycles. The number of para-hydroxylation sites is 1. The van der Waals surface area contributed by atoms with E-state index in [1.807, 2.05) is 30.3 Å². The molecule has 4 heteroatoms. The lowest BCUT2D eigenvalue weighted by atomic mass is 10.2. The summed E-state index contributed by atoms with van der Waals surface area (Å²) in [4.78, 5) is 2.40. The van der Waals surface area contributed by atoms with Crippen molar-refractivity contribution in [3.05, 3.63) is 30.3 Å². The zero-order chi connectivity index (χ0) is 14.2. The van der Waals surface area contributed by atoms with E-state index in [-0.39, 0.29) is 0 Å². The number of benzene rings is 1. The minimum absolute atomic E-state index is 0.320. The Morgan fingerprint density at radius 1 is 1.05 bits per heavy atom. The highest BCUT2D eigenvalue weighted by Crippen LogP contribution is 2.10. The molecule has 1 aromatic rings. The van der Waals surface area contributed by atoms with E-state index in [9.17, 15) is 0 Å². The standard InChI is InChI=1S/C16H25NO3/c1-14-12-17(13-15(2)20-14)8-9-18-10-11-19-16-6-4-3-5-7-16/h3-7,14-15H,8-13H2,1-2H3/t14-,15+. The van der Waals surface area contributed by atoms with Gasteiger partial charge in [-0.3, -0.25) is 4.90 Å². The van der Waals surface area contributed by atoms with E-state index < -0.39 is 0 Å². The first-order chi connectivity index (χ1) is 9.74. The Morgan fingerprint density at radius 3 is 2.45 bits per heavy atom. The van der Waals surface area contributed by atoms with Crippen molar-refractivity contribution in [1.29, 1.82) is 0 Å². The van der Waals surface area contributed by atoms with Crippen LogP contribution < -0.4 is 4.74 Å². The van der Waals surface area contributed by atoms with E-state index in [2.05, 4.69) is 18.7 Å². The van der Waals surface area contributed by atoms with Gasteiger partial charge in [0, 0.05) is 19.6 Å². The fraction of sp³-hybridized carbons (Fsp3) is 0.625. The molecule has 20 heavy (non-hydrogen) atoms. The number of nitrogens with zero attached hydrogens (tertiary/aromatic N) is 1. The number of hydrogen-bond donors (Lipinski definition) is 0. The molecule has 2 rings (SSSR count). The molecular formula is C16H25NO3. The molecule has 0 bridgehead atoms. The molecular weight excluding hydrogens is 254 g/mol. The van der Waals surface area contributed by atoms with Gasteiger partial charge in [0.15, 0.2) is 0 Å². The molecule has 0 aliphatic carbocycles. The summed E-state index contributed by atoms with van der Waals surface area (Å²) in [5.74, 6) is 0.895. The molecule has 2 atom stereocenters. The lowest BCUT2D eigenvalue weighted by Gasteiger charge is -2.35. The second kappa shape index (κ2) is 8.25. The number of rotatable bonds is 7. The smallest absolute Gasteiger partial charge is 0.119 e. The Kier molecular flexibility index (Phi) is 6.30. The summed E-state index contributed by atoms with van der Waals surface area (Å²) in [5, 5.41) is 0. The van der Waals surface area contributed by atoms with E-state index in [1.54, 1.807) is 0 Å². The third-order valence-corrected chi connectivity index (χ3v) is 3.29. The normalized spacial score (nSPS) is 23.7. The van der Waals surface area contributed by atoms with Gasteiger partial charge in [-0.15, -0.1) is 0 Å². The first kappa shape index (κ1) is 15.3. The highest BCUT2D eigenvalue weighted by molar-refractivity contribution is 5.20. The fourth-order valence-electron chi connectivity index (χ4n) is 2.50. The molecule has 1 aromatic carbocycles. The third-order valence-electron chi connectivity index (χ3n) is 3.29. The van der Waals surface area contributed by atoms with Crippen LogP contribution in [0, 0.1) is 0 Å². The van der Waals surface area contributed by atoms with Gasteiger partial charge in [-0.25, -0.2) is 0 Å². The summed E-state index contributed by atoms with van der Waals surface area (Å²) < 4.78 is 16.9. The van der Waals surface area contributed by atoms with Crippen molar-refractivity contribution in [2.45, 2.75) is 26.1 Å². The Hall–Kier alpha value is -1.10. The van der Waals surface area contributed by atoms with Crippen LogP contribution in [0.2, 0.25) is 0 Å². The van der Waals surface area contributed by atoms with Gasteiger partial charge in [0.1, 0.15) is 12.4 Å².